The number of aliphatic imine (C=N–C) groups is 1. The summed E-state index contributed by atoms with van der Waals surface area (Å²) >= 11 is 0. The van der Waals surface area contributed by atoms with Crippen molar-refractivity contribution in [1.82, 2.24) is 10.6 Å². The van der Waals surface area contributed by atoms with Crippen LogP contribution in [0.15, 0.2) is 39.7 Å². The lowest BCUT2D eigenvalue weighted by Gasteiger charge is -2.22. The molecule has 0 spiro atoms. The molecule has 0 amide bonds. The van der Waals surface area contributed by atoms with E-state index in [0.717, 1.165) is 16.9 Å². The van der Waals surface area contributed by atoms with E-state index in [9.17, 15) is 9.50 Å². The molecule has 1 aromatic heterocycles. The summed E-state index contributed by atoms with van der Waals surface area (Å²) in [6.45, 7) is 8.64. The second-order valence-corrected chi connectivity index (χ2v) is 6.95. The summed E-state index contributed by atoms with van der Waals surface area (Å²) in [6, 6.07) is 8.05. The number of hydrogen-bond donors (Lipinski definition) is 3. The minimum atomic E-state index is -1.15. The molecule has 0 radical (unpaired) electrons. The lowest BCUT2D eigenvalue weighted by molar-refractivity contribution is 0.0656. The Hall–Kier alpha value is -2.38. The van der Waals surface area contributed by atoms with Gasteiger partial charge >= 0.3 is 0 Å². The Bertz CT molecular complexity index is 785. The van der Waals surface area contributed by atoms with Crippen molar-refractivity contribution in [1.29, 1.82) is 0 Å². The number of furan rings is 1. The third-order valence-electron chi connectivity index (χ3n) is 4.49. The molecule has 0 aliphatic heterocycles. The van der Waals surface area contributed by atoms with Crippen LogP contribution in [0.5, 0.6) is 0 Å². The number of rotatable bonds is 8. The summed E-state index contributed by atoms with van der Waals surface area (Å²) in [5.41, 5.74) is 0.441. The highest BCUT2D eigenvalue weighted by Crippen LogP contribution is 2.27. The summed E-state index contributed by atoms with van der Waals surface area (Å²) in [7, 11) is 1.61. The van der Waals surface area contributed by atoms with Gasteiger partial charge in [0, 0.05) is 25.8 Å². The lowest BCUT2D eigenvalue weighted by atomic mass is 9.96. The molecule has 154 valence electrons. The lowest BCUT2D eigenvalue weighted by Crippen LogP contribution is -2.41. The van der Waals surface area contributed by atoms with Crippen LogP contribution in [-0.4, -0.2) is 37.8 Å². The normalized spacial score (nSPS) is 15.2. The van der Waals surface area contributed by atoms with Crippen molar-refractivity contribution in [3.63, 3.8) is 0 Å². The van der Waals surface area contributed by atoms with Gasteiger partial charge < -0.3 is 24.9 Å². The Kier molecular flexibility index (Phi) is 7.60. The van der Waals surface area contributed by atoms with Crippen LogP contribution in [0.1, 0.15) is 42.6 Å². The largest absolute Gasteiger partial charge is 0.466 e. The zero-order valence-electron chi connectivity index (χ0n) is 17.2. The fourth-order valence-electron chi connectivity index (χ4n) is 3.03. The molecule has 1 aromatic carbocycles. The predicted octanol–water partition coefficient (Wildman–Crippen LogP) is 3.19. The maximum atomic E-state index is 13.1. The molecule has 2 aromatic rings. The van der Waals surface area contributed by atoms with E-state index in [4.69, 9.17) is 9.15 Å². The number of benzene rings is 1. The van der Waals surface area contributed by atoms with Gasteiger partial charge in [-0.2, -0.15) is 0 Å². The molecule has 0 fully saturated rings. The highest BCUT2D eigenvalue weighted by Gasteiger charge is 2.27. The summed E-state index contributed by atoms with van der Waals surface area (Å²) < 4.78 is 24.2. The molecule has 0 saturated heterocycles. The van der Waals surface area contributed by atoms with Gasteiger partial charge in [0.15, 0.2) is 5.96 Å². The summed E-state index contributed by atoms with van der Waals surface area (Å²) in [5.74, 6) is 1.72. The number of nitrogens with one attached hydrogen (secondary N) is 2. The van der Waals surface area contributed by atoms with E-state index in [0.29, 0.717) is 24.8 Å². The number of halogens is 1. The molecule has 2 unspecified atom stereocenters. The third kappa shape index (κ3) is 5.81. The zero-order valence-corrected chi connectivity index (χ0v) is 17.2. The van der Waals surface area contributed by atoms with Crippen LogP contribution >= 0.6 is 0 Å². The maximum absolute atomic E-state index is 13.1. The second-order valence-electron chi connectivity index (χ2n) is 6.95. The van der Waals surface area contributed by atoms with Gasteiger partial charge in [0.1, 0.15) is 22.9 Å². The third-order valence-corrected chi connectivity index (χ3v) is 4.49. The molecule has 28 heavy (non-hydrogen) atoms. The maximum Gasteiger partial charge on any atom is 0.191 e. The average molecular weight is 391 g/mol. The van der Waals surface area contributed by atoms with E-state index in [1.807, 2.05) is 26.8 Å². The molecule has 7 heteroatoms. The first-order valence-corrected chi connectivity index (χ1v) is 9.37. The van der Waals surface area contributed by atoms with Crippen LogP contribution < -0.4 is 10.6 Å². The SMILES string of the molecule is CCNC(=NCC(C)(O)c1cc(C)oc1C)NCC(OC)c1ccc(F)cc1. The van der Waals surface area contributed by atoms with Gasteiger partial charge in [-0.25, -0.2) is 9.38 Å². The van der Waals surface area contributed by atoms with Gasteiger partial charge in [-0.1, -0.05) is 12.1 Å². The van der Waals surface area contributed by atoms with Crippen LogP contribution in [0, 0.1) is 19.7 Å². The number of aryl methyl sites for hydroxylation is 2. The monoisotopic (exact) mass is 391 g/mol. The molecule has 0 aliphatic carbocycles. The van der Waals surface area contributed by atoms with Crippen molar-refractivity contribution in [3.8, 4) is 0 Å². The van der Waals surface area contributed by atoms with Crippen LogP contribution in [0.3, 0.4) is 0 Å². The van der Waals surface area contributed by atoms with Crippen molar-refractivity contribution >= 4 is 5.96 Å². The van der Waals surface area contributed by atoms with E-state index in [-0.39, 0.29) is 18.5 Å². The van der Waals surface area contributed by atoms with Gasteiger partial charge in [0.05, 0.1) is 12.6 Å². The van der Waals surface area contributed by atoms with Crippen molar-refractivity contribution < 1.29 is 18.7 Å². The molecule has 0 bridgehead atoms. The smallest absolute Gasteiger partial charge is 0.191 e. The molecular formula is C21H30FN3O3. The first-order chi connectivity index (χ1) is 13.3. The molecule has 3 N–H and O–H groups in total. The minimum absolute atomic E-state index is 0.163. The van der Waals surface area contributed by atoms with Gasteiger partial charge in [0.2, 0.25) is 0 Å². The second kappa shape index (κ2) is 9.71. The zero-order chi connectivity index (χ0) is 20.7. The number of guanidine groups is 1. The number of nitrogens with zero attached hydrogens (tertiary/aromatic N) is 1. The van der Waals surface area contributed by atoms with Crippen molar-refractivity contribution in [2.24, 2.45) is 4.99 Å². The Morgan fingerprint density at radius 2 is 1.96 bits per heavy atom. The molecule has 0 saturated carbocycles. The van der Waals surface area contributed by atoms with Gasteiger partial charge in [-0.3, -0.25) is 0 Å². The Morgan fingerprint density at radius 3 is 2.50 bits per heavy atom. The van der Waals surface area contributed by atoms with Crippen LogP contribution in [0.25, 0.3) is 0 Å². The fourth-order valence-corrected chi connectivity index (χ4v) is 3.03. The van der Waals surface area contributed by atoms with E-state index in [1.165, 1.54) is 12.1 Å². The summed E-state index contributed by atoms with van der Waals surface area (Å²) in [5, 5.41) is 17.2. The molecule has 2 atom stereocenters. The van der Waals surface area contributed by atoms with E-state index in [1.54, 1.807) is 26.2 Å². The van der Waals surface area contributed by atoms with E-state index in [2.05, 4.69) is 15.6 Å². The summed E-state index contributed by atoms with van der Waals surface area (Å²) in [4.78, 5) is 4.51. The van der Waals surface area contributed by atoms with Gasteiger partial charge in [-0.05, 0) is 51.5 Å². The highest BCUT2D eigenvalue weighted by molar-refractivity contribution is 5.79. The van der Waals surface area contributed by atoms with Crippen LogP contribution in [0.4, 0.5) is 4.39 Å². The standard InChI is InChI=1S/C21H30FN3O3/c1-6-23-20(24-12-19(27-5)16-7-9-17(22)10-8-16)25-13-21(4,26)18-11-14(2)28-15(18)3/h7-11,19,26H,6,12-13H2,1-5H3,(H2,23,24,25). The summed E-state index contributed by atoms with van der Waals surface area (Å²) in [6.07, 6.45) is -0.260. The van der Waals surface area contributed by atoms with E-state index < -0.39 is 5.60 Å². The molecule has 1 heterocycles. The minimum Gasteiger partial charge on any atom is -0.466 e. The Labute approximate surface area is 165 Å². The molecule has 0 aliphatic rings. The van der Waals surface area contributed by atoms with Crippen molar-refractivity contribution in [2.45, 2.75) is 39.4 Å². The highest BCUT2D eigenvalue weighted by atomic mass is 19.1. The van der Waals surface area contributed by atoms with Crippen LogP contribution in [-0.2, 0) is 10.3 Å². The number of hydrogen-bond acceptors (Lipinski definition) is 4. The first kappa shape index (κ1) is 21.9. The van der Waals surface area contributed by atoms with Gasteiger partial charge in [-0.15, -0.1) is 0 Å². The number of aliphatic hydroxyl groups is 1. The molecular weight excluding hydrogens is 361 g/mol. The fraction of sp³-hybridized carbons (Fsp3) is 0.476. The Balaban J connectivity index is 2.06. The first-order valence-electron chi connectivity index (χ1n) is 9.37. The van der Waals surface area contributed by atoms with Crippen LogP contribution in [0.2, 0.25) is 0 Å². The quantitative estimate of drug-likeness (QED) is 0.476. The van der Waals surface area contributed by atoms with Crippen molar-refractivity contribution in [2.75, 3.05) is 26.7 Å². The number of methoxy groups -OCH3 is 1. The topological polar surface area (TPSA) is 79.0 Å². The number of ether oxygens (including phenoxy) is 1. The van der Waals surface area contributed by atoms with Crippen molar-refractivity contribution in [3.05, 3.63) is 58.8 Å². The molecule has 2 rings (SSSR count). The predicted molar refractivity (Wildman–Crippen MR) is 108 cm³/mol. The molecule has 6 nitrogen and oxygen atoms in total. The van der Waals surface area contributed by atoms with Gasteiger partial charge in [0.25, 0.3) is 0 Å². The van der Waals surface area contributed by atoms with E-state index >= 15 is 0 Å². The average Bonchev–Trinajstić information content (AvgIpc) is 3.00. The Morgan fingerprint density at radius 1 is 1.29 bits per heavy atom.